The molecule has 2 aromatic heterocycles. The summed E-state index contributed by atoms with van der Waals surface area (Å²) in [6.07, 6.45) is 1.56. The third-order valence-electron chi connectivity index (χ3n) is 4.05. The number of rotatable bonds is 3. The second kappa shape index (κ2) is 5.31. The molecular weight excluding hydrogens is 294 g/mol. The van der Waals surface area contributed by atoms with E-state index in [9.17, 15) is 9.59 Å². The highest BCUT2D eigenvalue weighted by molar-refractivity contribution is 6.02. The van der Waals surface area contributed by atoms with Crippen molar-refractivity contribution in [3.63, 3.8) is 0 Å². The molecule has 2 N–H and O–H groups in total. The van der Waals surface area contributed by atoms with E-state index < -0.39 is 6.04 Å². The number of fused-ring (bicyclic) bond motifs is 3. The quantitative estimate of drug-likeness (QED) is 0.772. The summed E-state index contributed by atoms with van der Waals surface area (Å²) >= 11 is 0. The first-order chi connectivity index (χ1) is 11.2. The number of aromatic nitrogens is 1. The molecule has 116 valence electrons. The van der Waals surface area contributed by atoms with Crippen molar-refractivity contribution < 1.29 is 14.0 Å². The summed E-state index contributed by atoms with van der Waals surface area (Å²) < 4.78 is 7.08. The number of benzene rings is 1. The minimum atomic E-state index is -0.597. The zero-order chi connectivity index (χ0) is 15.8. The molecule has 0 radical (unpaired) electrons. The molecule has 3 aromatic rings. The van der Waals surface area contributed by atoms with Crippen molar-refractivity contribution in [3.05, 3.63) is 60.2 Å². The van der Waals surface area contributed by atoms with E-state index in [4.69, 9.17) is 4.42 Å². The van der Waals surface area contributed by atoms with Gasteiger partial charge in [-0.2, -0.15) is 0 Å². The van der Waals surface area contributed by atoms with Crippen molar-refractivity contribution in [2.24, 2.45) is 0 Å². The Kier molecular flexibility index (Phi) is 3.15. The van der Waals surface area contributed by atoms with Gasteiger partial charge in [0.1, 0.15) is 17.5 Å². The van der Waals surface area contributed by atoms with Crippen LogP contribution in [0.1, 0.15) is 16.2 Å². The molecule has 6 nitrogen and oxygen atoms in total. The number of para-hydroxylation sites is 1. The summed E-state index contributed by atoms with van der Waals surface area (Å²) in [7, 11) is 0. The molecule has 1 aromatic carbocycles. The third kappa shape index (κ3) is 2.38. The third-order valence-corrected chi connectivity index (χ3v) is 4.05. The monoisotopic (exact) mass is 309 g/mol. The molecule has 0 unspecified atom stereocenters. The molecule has 0 saturated carbocycles. The van der Waals surface area contributed by atoms with Gasteiger partial charge in [0.2, 0.25) is 5.91 Å². The molecule has 4 rings (SSSR count). The second-order valence-corrected chi connectivity index (χ2v) is 5.52. The van der Waals surface area contributed by atoms with Crippen LogP contribution in [-0.4, -0.2) is 22.4 Å². The zero-order valence-electron chi connectivity index (χ0n) is 12.3. The fraction of sp³-hybridized carbons (Fsp3) is 0.176. The molecule has 2 amide bonds. The van der Waals surface area contributed by atoms with Crippen LogP contribution in [0.15, 0.2) is 53.1 Å². The fourth-order valence-corrected chi connectivity index (χ4v) is 2.91. The zero-order valence-corrected chi connectivity index (χ0v) is 12.3. The van der Waals surface area contributed by atoms with E-state index in [2.05, 4.69) is 10.6 Å². The molecule has 3 heterocycles. The van der Waals surface area contributed by atoms with Crippen molar-refractivity contribution in [1.82, 2.24) is 15.2 Å². The van der Waals surface area contributed by atoms with Gasteiger partial charge in [0.15, 0.2) is 0 Å². The van der Waals surface area contributed by atoms with Gasteiger partial charge in [-0.05, 0) is 24.3 Å². The molecule has 1 atom stereocenters. The van der Waals surface area contributed by atoms with Gasteiger partial charge < -0.3 is 19.6 Å². The highest BCUT2D eigenvalue weighted by atomic mass is 16.3. The van der Waals surface area contributed by atoms with Crippen LogP contribution in [0.5, 0.6) is 0 Å². The van der Waals surface area contributed by atoms with Gasteiger partial charge in [-0.1, -0.05) is 18.2 Å². The second-order valence-electron chi connectivity index (χ2n) is 5.52. The summed E-state index contributed by atoms with van der Waals surface area (Å²) in [4.78, 5) is 24.6. The number of nitrogens with one attached hydrogen (secondary N) is 2. The lowest BCUT2D eigenvalue weighted by Crippen LogP contribution is -2.52. The molecule has 6 heteroatoms. The fourth-order valence-electron chi connectivity index (χ4n) is 2.91. The maximum Gasteiger partial charge on any atom is 0.268 e. The molecule has 23 heavy (non-hydrogen) atoms. The van der Waals surface area contributed by atoms with Gasteiger partial charge in [0, 0.05) is 10.9 Å². The van der Waals surface area contributed by atoms with Gasteiger partial charge in [-0.25, -0.2) is 0 Å². The number of nitrogens with zero attached hydrogens (tertiary/aromatic N) is 1. The number of carbonyl (C=O) groups is 2. The van der Waals surface area contributed by atoms with Gasteiger partial charge in [-0.15, -0.1) is 0 Å². The summed E-state index contributed by atoms with van der Waals surface area (Å²) in [6.45, 7) is 0.718. The van der Waals surface area contributed by atoms with Crippen molar-refractivity contribution in [2.45, 2.75) is 19.1 Å². The lowest BCUT2D eigenvalue weighted by atomic mass is 10.2. The first kappa shape index (κ1) is 13.6. The number of amides is 2. The Bertz CT molecular complexity index is 880. The number of hydrogen-bond donors (Lipinski definition) is 2. The lowest BCUT2D eigenvalue weighted by molar-refractivity contribution is -0.123. The predicted octanol–water partition coefficient (Wildman–Crippen LogP) is 1.66. The SMILES string of the molecule is O=C1N[C@@H](C(=O)NCc2ccco2)Cn2c1cc1ccccc12. The van der Waals surface area contributed by atoms with Crippen molar-refractivity contribution in [2.75, 3.05) is 0 Å². The summed E-state index contributed by atoms with van der Waals surface area (Å²) in [5, 5.41) is 6.54. The summed E-state index contributed by atoms with van der Waals surface area (Å²) in [6, 6.07) is 12.6. The number of furan rings is 1. The van der Waals surface area contributed by atoms with E-state index >= 15 is 0 Å². The van der Waals surface area contributed by atoms with Crippen molar-refractivity contribution in [1.29, 1.82) is 0 Å². The number of hydrogen-bond acceptors (Lipinski definition) is 3. The van der Waals surface area contributed by atoms with Crippen LogP contribution in [-0.2, 0) is 17.9 Å². The number of carbonyl (C=O) groups excluding carboxylic acids is 2. The van der Waals surface area contributed by atoms with Crippen LogP contribution in [0.3, 0.4) is 0 Å². The Labute approximate surface area is 132 Å². The minimum Gasteiger partial charge on any atom is -0.467 e. The van der Waals surface area contributed by atoms with Crippen LogP contribution < -0.4 is 10.6 Å². The average molecular weight is 309 g/mol. The predicted molar refractivity (Wildman–Crippen MR) is 83.7 cm³/mol. The van der Waals surface area contributed by atoms with Crippen molar-refractivity contribution in [3.8, 4) is 0 Å². The smallest absolute Gasteiger partial charge is 0.268 e. The van der Waals surface area contributed by atoms with Crippen LogP contribution in [0.2, 0.25) is 0 Å². The van der Waals surface area contributed by atoms with E-state index in [1.807, 2.05) is 34.9 Å². The topological polar surface area (TPSA) is 76.3 Å². The van der Waals surface area contributed by atoms with Gasteiger partial charge in [0.25, 0.3) is 5.91 Å². The van der Waals surface area contributed by atoms with Gasteiger partial charge >= 0.3 is 0 Å². The summed E-state index contributed by atoms with van der Waals surface area (Å²) in [5.74, 6) is 0.219. The standard InChI is InChI=1S/C17H15N3O3/c21-16(18-9-12-5-3-7-23-12)13-10-20-14-6-2-1-4-11(14)8-15(20)17(22)19-13/h1-8,13H,9-10H2,(H,18,21)(H,19,22)/t13-/m1/s1. The van der Waals surface area contributed by atoms with E-state index in [1.54, 1.807) is 18.4 Å². The maximum absolute atomic E-state index is 12.3. The normalized spacial score (nSPS) is 16.9. The van der Waals surface area contributed by atoms with E-state index in [0.29, 0.717) is 24.5 Å². The molecule has 0 spiro atoms. The van der Waals surface area contributed by atoms with Crippen LogP contribution in [0.4, 0.5) is 0 Å². The Morgan fingerprint density at radius 1 is 1.30 bits per heavy atom. The Hall–Kier alpha value is -3.02. The lowest BCUT2D eigenvalue weighted by Gasteiger charge is -2.25. The molecule has 1 aliphatic heterocycles. The Morgan fingerprint density at radius 3 is 3.00 bits per heavy atom. The average Bonchev–Trinajstić information content (AvgIpc) is 3.20. The van der Waals surface area contributed by atoms with Gasteiger partial charge in [0.05, 0.1) is 19.4 Å². The van der Waals surface area contributed by atoms with Crippen LogP contribution in [0, 0.1) is 0 Å². The largest absolute Gasteiger partial charge is 0.467 e. The Morgan fingerprint density at radius 2 is 2.17 bits per heavy atom. The molecule has 0 bridgehead atoms. The van der Waals surface area contributed by atoms with Crippen LogP contribution >= 0.6 is 0 Å². The molecule has 0 aliphatic carbocycles. The van der Waals surface area contributed by atoms with Crippen LogP contribution in [0.25, 0.3) is 10.9 Å². The minimum absolute atomic E-state index is 0.224. The van der Waals surface area contributed by atoms with E-state index in [1.165, 1.54) is 0 Å². The molecule has 1 aliphatic rings. The molecule has 0 fully saturated rings. The highest BCUT2D eigenvalue weighted by Crippen LogP contribution is 2.22. The first-order valence-electron chi connectivity index (χ1n) is 7.41. The molecule has 0 saturated heterocycles. The highest BCUT2D eigenvalue weighted by Gasteiger charge is 2.30. The Balaban J connectivity index is 1.56. The summed E-state index contributed by atoms with van der Waals surface area (Å²) in [5.41, 5.74) is 1.54. The molecular formula is C17H15N3O3. The van der Waals surface area contributed by atoms with E-state index in [-0.39, 0.29) is 11.8 Å². The maximum atomic E-state index is 12.3. The van der Waals surface area contributed by atoms with Gasteiger partial charge in [-0.3, -0.25) is 9.59 Å². The van der Waals surface area contributed by atoms with Crippen molar-refractivity contribution >= 4 is 22.7 Å². The first-order valence-corrected chi connectivity index (χ1v) is 7.41. The van der Waals surface area contributed by atoms with E-state index in [0.717, 1.165) is 10.9 Å².